The van der Waals surface area contributed by atoms with E-state index in [9.17, 15) is 13.2 Å². The van der Waals surface area contributed by atoms with Crippen LogP contribution in [0.15, 0.2) is 41.6 Å². The van der Waals surface area contributed by atoms with Crippen LogP contribution in [-0.4, -0.2) is 66.2 Å². The van der Waals surface area contributed by atoms with Gasteiger partial charge in [-0.25, -0.2) is 23.1 Å². The summed E-state index contributed by atoms with van der Waals surface area (Å²) in [7, 11) is -1.54. The molecule has 0 bridgehead atoms. The molecule has 5 aromatic rings. The third-order valence-corrected chi connectivity index (χ3v) is 9.33. The molecule has 4 aromatic heterocycles. The van der Waals surface area contributed by atoms with Gasteiger partial charge in [0.15, 0.2) is 0 Å². The van der Waals surface area contributed by atoms with Gasteiger partial charge >= 0.3 is 0 Å². The molecule has 0 aliphatic carbocycles. The summed E-state index contributed by atoms with van der Waals surface area (Å²) in [5.74, 6) is 0.443. The van der Waals surface area contributed by atoms with Crippen molar-refractivity contribution in [2.45, 2.75) is 45.8 Å². The second-order valence-corrected chi connectivity index (χ2v) is 13.2. The van der Waals surface area contributed by atoms with Crippen molar-refractivity contribution in [3.8, 4) is 11.5 Å². The maximum absolute atomic E-state index is 14.0. The second kappa shape index (κ2) is 10.5. The van der Waals surface area contributed by atoms with E-state index in [1.807, 2.05) is 37.6 Å². The van der Waals surface area contributed by atoms with Gasteiger partial charge in [0.05, 0.1) is 24.2 Å². The first-order valence-corrected chi connectivity index (χ1v) is 16.0. The maximum Gasteiger partial charge on any atom is 0.260 e. The molecule has 2 atom stereocenters. The van der Waals surface area contributed by atoms with E-state index in [0.717, 1.165) is 21.9 Å². The standard InChI is InChI=1S/C28H32ClN9O3S/c1-6-37-27-21(13-31-38(27)18-9-10-36(14-18)42(5,40)41)24-19(11-16(2)12-20(24)28(37)39)17(3)32-22-7-8-23(29)33-25(22)26-30-15-35(4)34-26/h7-8,11-13,15,17-18,32H,6,9-10,14H2,1-5H3. The van der Waals surface area contributed by atoms with E-state index in [1.165, 1.54) is 10.6 Å². The predicted molar refractivity (Wildman–Crippen MR) is 163 cm³/mol. The SMILES string of the molecule is CCn1c(=O)c2cc(C)cc(C(C)Nc3ccc(Cl)nc3-c3ncn(C)n3)c2c2cnn(C3CCN(S(C)(=O)=O)C3)c21. The highest BCUT2D eigenvalue weighted by Gasteiger charge is 2.32. The van der Waals surface area contributed by atoms with E-state index < -0.39 is 10.0 Å². The van der Waals surface area contributed by atoms with E-state index >= 15 is 0 Å². The second-order valence-electron chi connectivity index (χ2n) is 10.9. The number of aromatic nitrogens is 7. The molecule has 1 aromatic carbocycles. The molecule has 0 amide bonds. The first kappa shape index (κ1) is 28.3. The summed E-state index contributed by atoms with van der Waals surface area (Å²) in [6.45, 7) is 7.13. The highest BCUT2D eigenvalue weighted by atomic mass is 35.5. The zero-order chi connectivity index (χ0) is 29.9. The van der Waals surface area contributed by atoms with Gasteiger partial charge in [-0.1, -0.05) is 17.7 Å². The Morgan fingerprint density at radius 2 is 2.00 bits per heavy atom. The van der Waals surface area contributed by atoms with Crippen LogP contribution >= 0.6 is 11.6 Å². The van der Waals surface area contributed by atoms with E-state index in [-0.39, 0.29) is 17.6 Å². The Kier molecular flexibility index (Phi) is 7.06. The van der Waals surface area contributed by atoms with Gasteiger partial charge in [0.2, 0.25) is 15.8 Å². The van der Waals surface area contributed by atoms with Crippen LogP contribution in [0.2, 0.25) is 5.15 Å². The van der Waals surface area contributed by atoms with Crippen LogP contribution in [0.25, 0.3) is 33.3 Å². The number of fused-ring (bicyclic) bond motifs is 3. The Bertz CT molecular complexity index is 2010. The van der Waals surface area contributed by atoms with Crippen molar-refractivity contribution in [1.29, 1.82) is 0 Å². The van der Waals surface area contributed by atoms with Crippen molar-refractivity contribution >= 4 is 49.1 Å². The van der Waals surface area contributed by atoms with Crippen molar-refractivity contribution < 1.29 is 8.42 Å². The molecule has 0 radical (unpaired) electrons. The summed E-state index contributed by atoms with van der Waals surface area (Å²) in [5.41, 5.74) is 3.69. The smallest absolute Gasteiger partial charge is 0.260 e. The molecule has 1 aliphatic heterocycles. The largest absolute Gasteiger partial charge is 0.377 e. The number of sulfonamides is 1. The van der Waals surface area contributed by atoms with Crippen LogP contribution in [-0.2, 0) is 23.6 Å². The Labute approximate surface area is 248 Å². The first-order chi connectivity index (χ1) is 20.0. The summed E-state index contributed by atoms with van der Waals surface area (Å²) in [6.07, 6.45) is 5.24. The molecule has 5 heterocycles. The van der Waals surface area contributed by atoms with Crippen molar-refractivity contribution in [2.24, 2.45) is 7.05 Å². The fraction of sp³-hybridized carbons (Fsp3) is 0.393. The molecule has 220 valence electrons. The Morgan fingerprint density at radius 3 is 2.67 bits per heavy atom. The minimum Gasteiger partial charge on any atom is -0.377 e. The lowest BCUT2D eigenvalue weighted by atomic mass is 9.95. The highest BCUT2D eigenvalue weighted by Crippen LogP contribution is 2.36. The van der Waals surface area contributed by atoms with Gasteiger partial charge in [0.1, 0.15) is 22.8 Å². The van der Waals surface area contributed by atoms with Crippen LogP contribution in [0, 0.1) is 6.92 Å². The molecular formula is C28H32ClN9O3S. The van der Waals surface area contributed by atoms with Crippen LogP contribution in [0.3, 0.4) is 0 Å². The molecule has 14 heteroatoms. The lowest BCUT2D eigenvalue weighted by Gasteiger charge is -2.21. The zero-order valence-electron chi connectivity index (χ0n) is 24.0. The Morgan fingerprint density at radius 1 is 1.21 bits per heavy atom. The molecule has 1 N–H and O–H groups in total. The monoisotopic (exact) mass is 609 g/mol. The van der Waals surface area contributed by atoms with Gasteiger partial charge in [-0.3, -0.25) is 14.0 Å². The number of benzene rings is 1. The van der Waals surface area contributed by atoms with Crippen LogP contribution in [0.1, 0.15) is 43.5 Å². The van der Waals surface area contributed by atoms with E-state index in [2.05, 4.69) is 26.4 Å². The third kappa shape index (κ3) is 4.84. The quantitative estimate of drug-likeness (QED) is 0.275. The van der Waals surface area contributed by atoms with E-state index in [1.54, 1.807) is 34.9 Å². The number of hydrogen-bond donors (Lipinski definition) is 1. The van der Waals surface area contributed by atoms with Gasteiger partial charge in [-0.2, -0.15) is 9.40 Å². The number of nitrogens with zero attached hydrogens (tertiary/aromatic N) is 8. The van der Waals surface area contributed by atoms with Gasteiger partial charge in [0, 0.05) is 48.9 Å². The summed E-state index contributed by atoms with van der Waals surface area (Å²) in [6, 6.07) is 7.13. The average Bonchev–Trinajstić information content (AvgIpc) is 3.69. The van der Waals surface area contributed by atoms with Gasteiger partial charge in [0.25, 0.3) is 5.56 Å². The lowest BCUT2D eigenvalue weighted by molar-refractivity contribution is 0.439. The summed E-state index contributed by atoms with van der Waals surface area (Å²) in [5, 5.41) is 15.3. The van der Waals surface area contributed by atoms with Gasteiger partial charge in [-0.15, -0.1) is 5.10 Å². The van der Waals surface area contributed by atoms with Crippen molar-refractivity contribution in [3.05, 3.63) is 63.4 Å². The molecular weight excluding hydrogens is 578 g/mol. The predicted octanol–water partition coefficient (Wildman–Crippen LogP) is 3.90. The minimum absolute atomic E-state index is 0.108. The van der Waals surface area contributed by atoms with Crippen molar-refractivity contribution in [2.75, 3.05) is 24.7 Å². The average molecular weight is 610 g/mol. The molecule has 0 spiro atoms. The number of nitrogens with one attached hydrogen (secondary N) is 1. The van der Waals surface area contributed by atoms with Crippen molar-refractivity contribution in [1.82, 2.24) is 38.4 Å². The summed E-state index contributed by atoms with van der Waals surface area (Å²) < 4.78 is 31.1. The van der Waals surface area contributed by atoms with E-state index in [4.69, 9.17) is 16.7 Å². The number of pyridine rings is 2. The van der Waals surface area contributed by atoms with E-state index in [0.29, 0.717) is 59.4 Å². The number of halogens is 1. The summed E-state index contributed by atoms with van der Waals surface area (Å²) >= 11 is 6.24. The van der Waals surface area contributed by atoms with Gasteiger partial charge in [-0.05, 0) is 56.5 Å². The van der Waals surface area contributed by atoms with Crippen molar-refractivity contribution in [3.63, 3.8) is 0 Å². The molecule has 0 saturated carbocycles. The van der Waals surface area contributed by atoms with Crippen LogP contribution in [0.5, 0.6) is 0 Å². The normalized spacial score (nSPS) is 17.0. The molecule has 6 rings (SSSR count). The number of aryl methyl sites for hydroxylation is 3. The minimum atomic E-state index is -3.32. The third-order valence-electron chi connectivity index (χ3n) is 7.85. The number of rotatable bonds is 7. The molecule has 42 heavy (non-hydrogen) atoms. The Hall–Kier alpha value is -3.81. The van der Waals surface area contributed by atoms with Crippen LogP contribution in [0.4, 0.5) is 5.69 Å². The van der Waals surface area contributed by atoms with Crippen LogP contribution < -0.4 is 10.9 Å². The molecule has 1 aliphatic rings. The number of anilines is 1. The number of hydrogen-bond acceptors (Lipinski definition) is 8. The van der Waals surface area contributed by atoms with Gasteiger partial charge < -0.3 is 5.32 Å². The zero-order valence-corrected chi connectivity index (χ0v) is 25.6. The molecule has 1 fully saturated rings. The molecule has 1 saturated heterocycles. The Balaban J connectivity index is 1.51. The highest BCUT2D eigenvalue weighted by molar-refractivity contribution is 7.88. The summed E-state index contributed by atoms with van der Waals surface area (Å²) in [4.78, 5) is 22.8. The topological polar surface area (TPSA) is 133 Å². The molecule has 2 unspecified atom stereocenters. The maximum atomic E-state index is 14.0. The fourth-order valence-corrected chi connectivity index (χ4v) is 6.95. The lowest BCUT2D eigenvalue weighted by Crippen LogP contribution is -2.29. The molecule has 12 nitrogen and oxygen atoms in total. The first-order valence-electron chi connectivity index (χ1n) is 13.7. The fourth-order valence-electron chi connectivity index (χ4n) is 5.92.